The van der Waals surface area contributed by atoms with E-state index in [2.05, 4.69) is 26.8 Å². The number of aliphatic hydroxyl groups is 1. The Kier molecular flexibility index (Phi) is 3.94. The molecule has 0 radical (unpaired) electrons. The van der Waals surface area contributed by atoms with Crippen molar-refractivity contribution in [2.75, 3.05) is 25.0 Å². The van der Waals surface area contributed by atoms with Gasteiger partial charge in [0, 0.05) is 31.6 Å². The van der Waals surface area contributed by atoms with Crippen LogP contribution in [0, 0.1) is 5.82 Å². The van der Waals surface area contributed by atoms with Gasteiger partial charge >= 0.3 is 0 Å². The molecule has 0 aliphatic carbocycles. The van der Waals surface area contributed by atoms with Crippen LogP contribution < -0.4 is 4.90 Å². The van der Waals surface area contributed by atoms with Gasteiger partial charge in [0.05, 0.1) is 17.8 Å². The molecule has 6 heteroatoms. The van der Waals surface area contributed by atoms with Crippen molar-refractivity contribution in [1.29, 1.82) is 0 Å². The summed E-state index contributed by atoms with van der Waals surface area (Å²) in [4.78, 5) is 13.4. The van der Waals surface area contributed by atoms with Crippen LogP contribution in [-0.4, -0.2) is 46.2 Å². The lowest BCUT2D eigenvalue weighted by Crippen LogP contribution is -2.32. The lowest BCUT2D eigenvalue weighted by molar-refractivity contribution is 0.194. The number of halogens is 1. The Hall–Kier alpha value is -2.05. The minimum absolute atomic E-state index is 0.00633. The smallest absolute Gasteiger partial charge is 0.137 e. The average molecular weight is 328 g/mol. The van der Waals surface area contributed by atoms with E-state index in [1.165, 1.54) is 12.1 Å². The van der Waals surface area contributed by atoms with Gasteiger partial charge in [-0.1, -0.05) is 12.1 Å². The van der Waals surface area contributed by atoms with Gasteiger partial charge in [0.15, 0.2) is 0 Å². The van der Waals surface area contributed by atoms with Crippen LogP contribution in [0.2, 0.25) is 0 Å². The normalized spacial score (nSPS) is 24.2. The van der Waals surface area contributed by atoms with Gasteiger partial charge in [-0.05, 0) is 31.2 Å². The Morgan fingerprint density at radius 3 is 2.79 bits per heavy atom. The van der Waals surface area contributed by atoms with Crippen molar-refractivity contribution in [3.8, 4) is 0 Å². The van der Waals surface area contributed by atoms with Crippen LogP contribution in [0.25, 0.3) is 0 Å². The molecule has 24 heavy (non-hydrogen) atoms. The molecule has 1 N–H and O–H groups in total. The number of aromatic nitrogens is 2. The summed E-state index contributed by atoms with van der Waals surface area (Å²) in [6.07, 6.45) is 2.75. The Balaban J connectivity index is 1.73. The number of likely N-dealkylation sites (N-methyl/N-ethyl adjacent to an activating group) is 1. The molecular weight excluding hydrogens is 307 g/mol. The van der Waals surface area contributed by atoms with E-state index in [0.717, 1.165) is 42.1 Å². The third-order valence-electron chi connectivity index (χ3n) is 4.98. The summed E-state index contributed by atoms with van der Waals surface area (Å²) in [6, 6.07) is 6.55. The first kappa shape index (κ1) is 15.5. The fourth-order valence-corrected chi connectivity index (χ4v) is 3.76. The number of benzene rings is 1. The lowest BCUT2D eigenvalue weighted by atomic mass is 10.0. The Morgan fingerprint density at radius 1 is 1.21 bits per heavy atom. The summed E-state index contributed by atoms with van der Waals surface area (Å²) in [5, 5.41) is 10.2. The van der Waals surface area contributed by atoms with E-state index in [4.69, 9.17) is 0 Å². The summed E-state index contributed by atoms with van der Waals surface area (Å²) >= 11 is 0. The number of hydrogen-bond acceptors (Lipinski definition) is 5. The second kappa shape index (κ2) is 6.11. The standard InChI is InChI=1S/C18H21FN4O/c1-22-7-6-16-15(10-22)18(21-11-20-16)23-9-14(24)8-17(23)12-2-4-13(19)5-3-12/h2-5,11,14,17,24H,6-10H2,1H3/t14-,17-/m0/s1. The minimum atomic E-state index is -0.410. The number of nitrogens with zero attached hydrogens (tertiary/aromatic N) is 4. The molecule has 4 rings (SSSR count). The lowest BCUT2D eigenvalue weighted by Gasteiger charge is -2.31. The summed E-state index contributed by atoms with van der Waals surface area (Å²) in [7, 11) is 2.09. The Bertz CT molecular complexity index is 736. The zero-order valence-corrected chi connectivity index (χ0v) is 13.7. The monoisotopic (exact) mass is 328 g/mol. The van der Waals surface area contributed by atoms with Crippen molar-refractivity contribution >= 4 is 5.82 Å². The molecule has 2 aromatic rings. The zero-order chi connectivity index (χ0) is 16.7. The van der Waals surface area contributed by atoms with E-state index in [1.807, 2.05) is 0 Å². The SMILES string of the molecule is CN1CCc2ncnc(N3C[C@@H](O)C[C@H]3c3ccc(F)cc3)c2C1. The zero-order valence-electron chi connectivity index (χ0n) is 13.7. The second-order valence-corrected chi connectivity index (χ2v) is 6.72. The van der Waals surface area contributed by atoms with Gasteiger partial charge in [0.2, 0.25) is 0 Å². The van der Waals surface area contributed by atoms with Crippen LogP contribution in [0.1, 0.15) is 29.3 Å². The molecule has 126 valence electrons. The topological polar surface area (TPSA) is 52.5 Å². The molecular formula is C18H21FN4O. The highest BCUT2D eigenvalue weighted by Crippen LogP contribution is 2.38. The second-order valence-electron chi connectivity index (χ2n) is 6.72. The molecule has 0 unspecified atom stereocenters. The van der Waals surface area contributed by atoms with Crippen molar-refractivity contribution in [3.63, 3.8) is 0 Å². The first-order valence-electron chi connectivity index (χ1n) is 8.33. The third kappa shape index (κ3) is 2.76. The van der Waals surface area contributed by atoms with Crippen LogP contribution in [0.4, 0.5) is 10.2 Å². The van der Waals surface area contributed by atoms with Crippen molar-refractivity contribution in [2.45, 2.75) is 31.5 Å². The van der Waals surface area contributed by atoms with Gasteiger partial charge in [-0.3, -0.25) is 0 Å². The number of β-amino-alcohol motifs (C(OH)–C–C–N with tert-alkyl or cyclic N) is 1. The molecule has 1 saturated heterocycles. The molecule has 1 aromatic heterocycles. The van der Waals surface area contributed by atoms with Gasteiger partial charge in [-0.15, -0.1) is 0 Å². The highest BCUT2D eigenvalue weighted by atomic mass is 19.1. The average Bonchev–Trinajstić information content (AvgIpc) is 2.96. The predicted octanol–water partition coefficient (Wildman–Crippen LogP) is 1.92. The van der Waals surface area contributed by atoms with Gasteiger partial charge in [-0.25, -0.2) is 14.4 Å². The van der Waals surface area contributed by atoms with Crippen LogP contribution >= 0.6 is 0 Å². The van der Waals surface area contributed by atoms with Crippen molar-refractivity contribution in [2.24, 2.45) is 0 Å². The van der Waals surface area contributed by atoms with E-state index in [-0.39, 0.29) is 11.9 Å². The highest BCUT2D eigenvalue weighted by Gasteiger charge is 2.35. The van der Waals surface area contributed by atoms with Crippen LogP contribution in [0.3, 0.4) is 0 Å². The van der Waals surface area contributed by atoms with Gasteiger partial charge in [-0.2, -0.15) is 0 Å². The fourth-order valence-electron chi connectivity index (χ4n) is 3.76. The molecule has 0 amide bonds. The maximum absolute atomic E-state index is 13.2. The summed E-state index contributed by atoms with van der Waals surface area (Å²) < 4.78 is 13.2. The van der Waals surface area contributed by atoms with Gasteiger partial charge < -0.3 is 14.9 Å². The third-order valence-corrected chi connectivity index (χ3v) is 4.98. The molecule has 2 aliphatic heterocycles. The fraction of sp³-hybridized carbons (Fsp3) is 0.444. The molecule has 2 atom stereocenters. The van der Waals surface area contributed by atoms with Crippen molar-refractivity contribution in [3.05, 3.63) is 53.2 Å². The van der Waals surface area contributed by atoms with Crippen molar-refractivity contribution < 1.29 is 9.50 Å². The molecule has 2 aliphatic rings. The first-order valence-corrected chi connectivity index (χ1v) is 8.33. The van der Waals surface area contributed by atoms with Gasteiger partial charge in [0.1, 0.15) is 18.0 Å². The van der Waals surface area contributed by atoms with Crippen molar-refractivity contribution in [1.82, 2.24) is 14.9 Å². The summed E-state index contributed by atoms with van der Waals surface area (Å²) in [5.74, 6) is 0.655. The Morgan fingerprint density at radius 2 is 2.00 bits per heavy atom. The quantitative estimate of drug-likeness (QED) is 0.913. The number of rotatable bonds is 2. The predicted molar refractivity (Wildman–Crippen MR) is 89.2 cm³/mol. The maximum atomic E-state index is 13.2. The highest BCUT2D eigenvalue weighted by molar-refractivity contribution is 5.53. The van der Waals surface area contributed by atoms with E-state index in [9.17, 15) is 9.50 Å². The molecule has 5 nitrogen and oxygen atoms in total. The van der Waals surface area contributed by atoms with E-state index < -0.39 is 6.10 Å². The number of fused-ring (bicyclic) bond motifs is 1. The first-order chi connectivity index (χ1) is 11.6. The number of aliphatic hydroxyl groups excluding tert-OH is 1. The van der Waals surface area contributed by atoms with E-state index >= 15 is 0 Å². The maximum Gasteiger partial charge on any atom is 0.137 e. The molecule has 3 heterocycles. The molecule has 0 saturated carbocycles. The van der Waals surface area contributed by atoms with Crippen LogP contribution in [-0.2, 0) is 13.0 Å². The molecule has 1 fully saturated rings. The Labute approximate surface area is 140 Å². The van der Waals surface area contributed by atoms with Gasteiger partial charge in [0.25, 0.3) is 0 Å². The molecule has 1 aromatic carbocycles. The van der Waals surface area contributed by atoms with E-state index in [0.29, 0.717) is 13.0 Å². The van der Waals surface area contributed by atoms with Crippen LogP contribution in [0.5, 0.6) is 0 Å². The minimum Gasteiger partial charge on any atom is -0.391 e. The van der Waals surface area contributed by atoms with Crippen LogP contribution in [0.15, 0.2) is 30.6 Å². The summed E-state index contributed by atoms with van der Waals surface area (Å²) in [6.45, 7) is 2.34. The largest absolute Gasteiger partial charge is 0.391 e. The number of anilines is 1. The number of hydrogen-bond donors (Lipinski definition) is 1. The summed E-state index contributed by atoms with van der Waals surface area (Å²) in [5.41, 5.74) is 3.24. The molecule has 0 bridgehead atoms. The van der Waals surface area contributed by atoms with E-state index in [1.54, 1.807) is 18.5 Å². The molecule has 0 spiro atoms.